The highest BCUT2D eigenvalue weighted by molar-refractivity contribution is 5.73. The van der Waals surface area contributed by atoms with Gasteiger partial charge in [-0.15, -0.1) is 0 Å². The minimum atomic E-state index is -1.19. The predicted octanol–water partition coefficient (Wildman–Crippen LogP) is 1.52. The van der Waals surface area contributed by atoms with Gasteiger partial charge in [-0.1, -0.05) is 24.0 Å². The Labute approximate surface area is 190 Å². The number of aliphatic carboxylic acids is 1. The number of hydrogen-bond acceptors (Lipinski definition) is 5. The largest absolute Gasteiger partial charge is 0.481 e. The van der Waals surface area contributed by atoms with Crippen LogP contribution in [0.1, 0.15) is 36.1 Å². The molecular formula is C24H26F2N2O5. The van der Waals surface area contributed by atoms with Crippen molar-refractivity contribution in [3.05, 3.63) is 70.8 Å². The molecule has 9 heteroatoms. The molecule has 0 aliphatic heterocycles. The molecule has 0 aliphatic carbocycles. The normalized spacial score (nSPS) is 13.4. The summed E-state index contributed by atoms with van der Waals surface area (Å²) in [5.41, 5.74) is 1.45. The smallest absolute Gasteiger partial charge is 0.305 e. The fourth-order valence-electron chi connectivity index (χ4n) is 3.39. The summed E-state index contributed by atoms with van der Waals surface area (Å²) in [4.78, 5) is 23.0. The van der Waals surface area contributed by atoms with E-state index in [9.17, 15) is 28.6 Å². The number of carboxylic acids is 1. The molecule has 1 unspecified atom stereocenters. The first-order valence-electron chi connectivity index (χ1n) is 10.2. The first-order valence-corrected chi connectivity index (χ1v) is 10.2. The van der Waals surface area contributed by atoms with Crippen LogP contribution in [0.4, 0.5) is 8.78 Å². The molecule has 2 aromatic rings. The fraction of sp³-hybridized carbons (Fsp3) is 0.333. The number of amides is 1. The van der Waals surface area contributed by atoms with Crippen molar-refractivity contribution < 1.29 is 33.7 Å². The maximum atomic E-state index is 13.5. The van der Waals surface area contributed by atoms with Gasteiger partial charge in [0.25, 0.3) is 0 Å². The molecule has 7 nitrogen and oxygen atoms in total. The van der Waals surface area contributed by atoms with Gasteiger partial charge < -0.3 is 26.0 Å². The predicted molar refractivity (Wildman–Crippen MR) is 117 cm³/mol. The third-order valence-electron chi connectivity index (χ3n) is 4.78. The first-order chi connectivity index (χ1) is 15.7. The lowest BCUT2D eigenvalue weighted by Gasteiger charge is -2.26. The SMILES string of the molecule is CC(=O)N[C@@H](Cc1cc(F)cc(F)c1)[C@H](O)CNC(CC(=O)O)c1cccc(C#CCO)c1. The molecule has 1 amide bonds. The van der Waals surface area contributed by atoms with Crippen LogP contribution < -0.4 is 10.6 Å². The van der Waals surface area contributed by atoms with Gasteiger partial charge in [-0.2, -0.15) is 0 Å². The number of nitrogens with one attached hydrogen (secondary N) is 2. The lowest BCUT2D eigenvalue weighted by Crippen LogP contribution is -2.48. The van der Waals surface area contributed by atoms with Crippen LogP contribution >= 0.6 is 0 Å². The van der Waals surface area contributed by atoms with E-state index in [-0.39, 0.29) is 31.6 Å². The molecule has 5 N–H and O–H groups in total. The van der Waals surface area contributed by atoms with Crippen molar-refractivity contribution in [1.29, 1.82) is 0 Å². The summed E-state index contributed by atoms with van der Waals surface area (Å²) in [6.07, 6.45) is -1.51. The van der Waals surface area contributed by atoms with E-state index in [2.05, 4.69) is 22.5 Å². The van der Waals surface area contributed by atoms with E-state index in [0.717, 1.165) is 18.2 Å². The summed E-state index contributed by atoms with van der Waals surface area (Å²) in [6.45, 7) is 0.839. The number of aliphatic hydroxyl groups excluding tert-OH is 2. The molecule has 0 saturated carbocycles. The average Bonchev–Trinajstić information content (AvgIpc) is 2.73. The molecule has 176 valence electrons. The third kappa shape index (κ3) is 8.98. The summed E-state index contributed by atoms with van der Waals surface area (Å²) in [7, 11) is 0. The summed E-state index contributed by atoms with van der Waals surface area (Å²) >= 11 is 0. The lowest BCUT2D eigenvalue weighted by atomic mass is 9.98. The van der Waals surface area contributed by atoms with E-state index in [1.807, 2.05) is 0 Å². The molecule has 3 atom stereocenters. The Morgan fingerprint density at radius 3 is 2.42 bits per heavy atom. The van der Waals surface area contributed by atoms with Crippen LogP contribution in [0.15, 0.2) is 42.5 Å². The van der Waals surface area contributed by atoms with Gasteiger partial charge >= 0.3 is 5.97 Å². The number of benzene rings is 2. The van der Waals surface area contributed by atoms with Gasteiger partial charge in [-0.25, -0.2) is 8.78 Å². The Morgan fingerprint density at radius 2 is 1.82 bits per heavy atom. The Bertz CT molecular complexity index is 1010. The monoisotopic (exact) mass is 460 g/mol. The summed E-state index contributed by atoms with van der Waals surface area (Å²) in [5.74, 6) is 2.22. The number of carbonyl (C=O) groups excluding carboxylic acids is 1. The van der Waals surface area contributed by atoms with Crippen molar-refractivity contribution in [1.82, 2.24) is 10.6 Å². The Balaban J connectivity index is 2.17. The minimum absolute atomic E-state index is 0.0348. The van der Waals surface area contributed by atoms with E-state index in [4.69, 9.17) is 5.11 Å². The Hall–Kier alpha value is -3.32. The van der Waals surface area contributed by atoms with Crippen molar-refractivity contribution in [3.8, 4) is 11.8 Å². The van der Waals surface area contributed by atoms with Crippen LogP contribution in [0.5, 0.6) is 0 Å². The highest BCUT2D eigenvalue weighted by atomic mass is 19.1. The van der Waals surface area contributed by atoms with Gasteiger partial charge in [0.1, 0.15) is 18.2 Å². The summed E-state index contributed by atoms with van der Waals surface area (Å²) in [6, 6.07) is 8.19. The van der Waals surface area contributed by atoms with Gasteiger partial charge in [0.2, 0.25) is 5.91 Å². The maximum Gasteiger partial charge on any atom is 0.305 e. The van der Waals surface area contributed by atoms with Gasteiger partial charge in [0.15, 0.2) is 0 Å². The van der Waals surface area contributed by atoms with Gasteiger partial charge in [-0.3, -0.25) is 9.59 Å². The molecule has 33 heavy (non-hydrogen) atoms. The number of carboxylic acid groups (broad SMARTS) is 1. The Morgan fingerprint density at radius 1 is 1.12 bits per heavy atom. The first kappa shape index (κ1) is 25.9. The Kier molecular flexibility index (Phi) is 9.94. The van der Waals surface area contributed by atoms with Crippen molar-refractivity contribution in [3.63, 3.8) is 0 Å². The molecule has 0 fully saturated rings. The second-order valence-electron chi connectivity index (χ2n) is 7.50. The molecular weight excluding hydrogens is 434 g/mol. The number of rotatable bonds is 10. The summed E-state index contributed by atoms with van der Waals surface area (Å²) in [5, 5.41) is 34.4. The fourth-order valence-corrected chi connectivity index (χ4v) is 3.39. The zero-order valence-electron chi connectivity index (χ0n) is 18.0. The molecule has 2 rings (SSSR count). The van der Waals surface area contributed by atoms with Crippen LogP contribution in [0, 0.1) is 23.5 Å². The van der Waals surface area contributed by atoms with Gasteiger partial charge in [0.05, 0.1) is 18.6 Å². The van der Waals surface area contributed by atoms with E-state index >= 15 is 0 Å². The number of halogens is 2. The molecule has 0 spiro atoms. The van der Waals surface area contributed by atoms with E-state index < -0.39 is 41.7 Å². The molecule has 0 saturated heterocycles. The van der Waals surface area contributed by atoms with Gasteiger partial charge in [-0.05, 0) is 41.8 Å². The number of carbonyl (C=O) groups is 2. The zero-order valence-corrected chi connectivity index (χ0v) is 18.0. The van der Waals surface area contributed by atoms with Crippen molar-refractivity contribution in [2.75, 3.05) is 13.2 Å². The van der Waals surface area contributed by atoms with Crippen LogP contribution in [0.2, 0.25) is 0 Å². The van der Waals surface area contributed by atoms with Crippen molar-refractivity contribution in [2.45, 2.75) is 38.0 Å². The maximum absolute atomic E-state index is 13.5. The standard InChI is InChI=1S/C24H26F2N2O5/c1-15(30)28-22(11-17-9-19(25)12-20(26)10-17)23(31)14-27-21(13-24(32)33)18-6-2-4-16(8-18)5-3-7-29/h2,4,6,8-10,12,21-23,27,29,31H,7,11,13-14H2,1H3,(H,28,30)(H,32,33)/t21?,22-,23+/m0/s1. The lowest BCUT2D eigenvalue weighted by molar-refractivity contribution is -0.137. The molecule has 0 aromatic heterocycles. The molecule has 0 radical (unpaired) electrons. The van der Waals surface area contributed by atoms with Crippen LogP contribution in [0.25, 0.3) is 0 Å². The van der Waals surface area contributed by atoms with Crippen LogP contribution in [-0.4, -0.2) is 52.5 Å². The third-order valence-corrected chi connectivity index (χ3v) is 4.78. The second-order valence-corrected chi connectivity index (χ2v) is 7.50. The summed E-state index contributed by atoms with van der Waals surface area (Å²) < 4.78 is 27.1. The quantitative estimate of drug-likeness (QED) is 0.343. The molecule has 0 bridgehead atoms. The van der Waals surface area contributed by atoms with E-state index in [1.54, 1.807) is 24.3 Å². The molecule has 2 aromatic carbocycles. The molecule has 0 aliphatic rings. The van der Waals surface area contributed by atoms with Gasteiger partial charge in [0, 0.05) is 31.1 Å². The van der Waals surface area contributed by atoms with E-state index in [1.165, 1.54) is 6.92 Å². The van der Waals surface area contributed by atoms with Crippen LogP contribution in [-0.2, 0) is 16.0 Å². The average molecular weight is 460 g/mol. The molecule has 0 heterocycles. The second kappa shape index (κ2) is 12.6. The topological polar surface area (TPSA) is 119 Å². The van der Waals surface area contributed by atoms with Crippen molar-refractivity contribution >= 4 is 11.9 Å². The number of aliphatic hydroxyl groups is 2. The van der Waals surface area contributed by atoms with Crippen LogP contribution in [0.3, 0.4) is 0 Å². The van der Waals surface area contributed by atoms with E-state index in [0.29, 0.717) is 11.1 Å². The van der Waals surface area contributed by atoms with Crippen molar-refractivity contribution in [2.24, 2.45) is 0 Å². The number of hydrogen-bond donors (Lipinski definition) is 5. The highest BCUT2D eigenvalue weighted by Gasteiger charge is 2.24. The highest BCUT2D eigenvalue weighted by Crippen LogP contribution is 2.19. The zero-order chi connectivity index (χ0) is 24.4. The minimum Gasteiger partial charge on any atom is -0.481 e.